The number of piperazine rings is 1. The molecular formula is C20H31N8O3PS. The number of aromatic nitrogens is 3. The predicted molar refractivity (Wildman–Crippen MR) is 134 cm³/mol. The van der Waals surface area contributed by atoms with E-state index in [1.54, 1.807) is 13.2 Å². The van der Waals surface area contributed by atoms with E-state index in [1.807, 2.05) is 17.0 Å². The highest BCUT2D eigenvalue weighted by atomic mass is 32.2. The van der Waals surface area contributed by atoms with Gasteiger partial charge in [0.2, 0.25) is 16.4 Å². The van der Waals surface area contributed by atoms with E-state index in [0.717, 1.165) is 24.0 Å². The van der Waals surface area contributed by atoms with Gasteiger partial charge in [0.05, 0.1) is 12.8 Å². The van der Waals surface area contributed by atoms with Crippen LogP contribution in [0.2, 0.25) is 0 Å². The van der Waals surface area contributed by atoms with Crippen LogP contribution >= 0.6 is 7.92 Å². The Morgan fingerprint density at radius 2 is 1.94 bits per heavy atom. The van der Waals surface area contributed by atoms with Gasteiger partial charge in [0, 0.05) is 39.4 Å². The molecule has 1 amide bonds. The summed E-state index contributed by atoms with van der Waals surface area (Å²) in [5.74, 6) is 1.53. The number of nitrogen functional groups attached to an aromatic ring is 1. The van der Waals surface area contributed by atoms with Gasteiger partial charge in [-0.2, -0.15) is 4.31 Å². The van der Waals surface area contributed by atoms with Gasteiger partial charge in [-0.15, -0.1) is 0 Å². The molecule has 3 rings (SSSR count). The third-order valence-corrected chi connectivity index (χ3v) is 8.70. The quantitative estimate of drug-likeness (QED) is 0.377. The number of nitrogens with two attached hydrogens (primary N) is 1. The van der Waals surface area contributed by atoms with E-state index in [1.165, 1.54) is 15.5 Å². The first-order chi connectivity index (χ1) is 15.7. The highest BCUT2D eigenvalue weighted by molar-refractivity contribution is 7.88. The second-order valence-corrected chi connectivity index (χ2v) is 12.2. The van der Waals surface area contributed by atoms with Gasteiger partial charge in [0.25, 0.3) is 0 Å². The maximum Gasteiger partial charge on any atom is 0.215 e. The van der Waals surface area contributed by atoms with Crippen LogP contribution in [0.15, 0.2) is 18.3 Å². The average molecular weight is 495 g/mol. The summed E-state index contributed by atoms with van der Waals surface area (Å²) >= 11 is 0. The predicted octanol–water partition coefficient (Wildman–Crippen LogP) is 0.497. The first kappa shape index (κ1) is 25.1. The van der Waals surface area contributed by atoms with Crippen LogP contribution in [0.3, 0.4) is 0 Å². The van der Waals surface area contributed by atoms with Gasteiger partial charge in [-0.3, -0.25) is 9.69 Å². The topological polar surface area (TPSA) is 138 Å². The molecule has 0 bridgehead atoms. The fourth-order valence-corrected chi connectivity index (χ4v) is 5.17. The Morgan fingerprint density at radius 1 is 1.24 bits per heavy atom. The summed E-state index contributed by atoms with van der Waals surface area (Å²) < 4.78 is 24.9. The Labute approximate surface area is 196 Å². The molecule has 0 aliphatic carbocycles. The zero-order valence-electron chi connectivity index (χ0n) is 19.4. The summed E-state index contributed by atoms with van der Waals surface area (Å²) in [5, 5.41) is 3.00. The molecule has 2 aromatic rings. The Kier molecular flexibility index (Phi) is 8.04. The Bertz CT molecular complexity index is 1080. The molecule has 1 aliphatic heterocycles. The van der Waals surface area contributed by atoms with Crippen molar-refractivity contribution in [2.45, 2.75) is 13.5 Å². The third kappa shape index (κ3) is 5.87. The molecule has 1 atom stereocenters. The van der Waals surface area contributed by atoms with Gasteiger partial charge in [-0.05, 0) is 32.4 Å². The van der Waals surface area contributed by atoms with E-state index in [9.17, 15) is 13.2 Å². The van der Waals surface area contributed by atoms with E-state index in [-0.39, 0.29) is 6.54 Å². The summed E-state index contributed by atoms with van der Waals surface area (Å²) in [5.41, 5.74) is 8.15. The first-order valence-corrected chi connectivity index (χ1v) is 14.4. The van der Waals surface area contributed by atoms with Gasteiger partial charge < -0.3 is 16.0 Å². The van der Waals surface area contributed by atoms with E-state index in [4.69, 9.17) is 5.73 Å². The molecule has 33 heavy (non-hydrogen) atoms. The van der Waals surface area contributed by atoms with Crippen LogP contribution in [-0.2, 0) is 21.4 Å². The summed E-state index contributed by atoms with van der Waals surface area (Å²) in [7, 11) is -2.02. The normalized spacial score (nSPS) is 15.8. The Morgan fingerprint density at radius 3 is 2.45 bits per heavy atom. The third-order valence-electron chi connectivity index (χ3n) is 5.56. The van der Waals surface area contributed by atoms with Crippen molar-refractivity contribution in [1.29, 1.82) is 0 Å². The number of nitrogens with zero attached hydrogens (tertiary/aromatic N) is 6. The number of hydrogen-bond donors (Lipinski definition) is 2. The van der Waals surface area contributed by atoms with Gasteiger partial charge in [0.1, 0.15) is 11.5 Å². The molecule has 0 radical (unpaired) electrons. The highest BCUT2D eigenvalue weighted by Crippen LogP contribution is 2.33. The van der Waals surface area contributed by atoms with Crippen molar-refractivity contribution >= 4 is 53.1 Å². The molecule has 0 unspecified atom stereocenters. The van der Waals surface area contributed by atoms with Crippen LogP contribution in [-0.4, -0.2) is 86.4 Å². The lowest BCUT2D eigenvalue weighted by Crippen LogP contribution is -2.48. The molecule has 11 nitrogen and oxygen atoms in total. The minimum atomic E-state index is -3.18. The van der Waals surface area contributed by atoms with Crippen molar-refractivity contribution in [2.24, 2.45) is 0 Å². The first-order valence-electron chi connectivity index (χ1n) is 10.6. The maximum absolute atomic E-state index is 12.0. The SMILES string of the molecule is CC[P@@](C)c1nc(N)c(NC)c(N(C=O)Cc2ccc(N3CCN(S(C)(=O)=O)CC3)nc2)n1. The number of pyridine rings is 1. The monoisotopic (exact) mass is 494 g/mol. The standard InChI is InChI=1S/C20H31N8O3PS/c1-5-32(3)20-24-18(21)17(22-2)19(25-20)27(14-29)13-15-6-7-16(23-12-15)26-8-10-28(11-9-26)33(4,30)31/h6-7,12,14,22H,5,8-11,13H2,1-4H3,(H2,21,24,25)/t32-/m1/s1. The lowest BCUT2D eigenvalue weighted by atomic mass is 10.2. The minimum absolute atomic E-state index is 0.275. The zero-order valence-corrected chi connectivity index (χ0v) is 21.1. The van der Waals surface area contributed by atoms with Crippen molar-refractivity contribution in [2.75, 3.05) is 73.2 Å². The fourth-order valence-electron chi connectivity index (χ4n) is 3.52. The van der Waals surface area contributed by atoms with Crippen LogP contribution in [0, 0.1) is 0 Å². The summed E-state index contributed by atoms with van der Waals surface area (Å²) in [4.78, 5) is 29.1. The van der Waals surface area contributed by atoms with Gasteiger partial charge in [-0.25, -0.2) is 23.4 Å². The number of carbonyl (C=O) groups is 1. The van der Waals surface area contributed by atoms with Gasteiger partial charge >= 0.3 is 0 Å². The Hall–Kier alpha value is -2.56. The molecule has 0 spiro atoms. The van der Waals surface area contributed by atoms with Crippen molar-refractivity contribution in [1.82, 2.24) is 19.3 Å². The van der Waals surface area contributed by atoms with E-state index >= 15 is 0 Å². The highest BCUT2D eigenvalue weighted by Gasteiger charge is 2.24. The second kappa shape index (κ2) is 10.6. The molecule has 0 saturated carbocycles. The maximum atomic E-state index is 12.0. The van der Waals surface area contributed by atoms with Crippen LogP contribution in [0.1, 0.15) is 12.5 Å². The Balaban J connectivity index is 1.76. The van der Waals surface area contributed by atoms with E-state index < -0.39 is 17.9 Å². The lowest BCUT2D eigenvalue weighted by Gasteiger charge is -2.34. The summed E-state index contributed by atoms with van der Waals surface area (Å²) in [6.45, 7) is 6.44. The number of carbonyl (C=O) groups excluding carboxylic acids is 1. The summed E-state index contributed by atoms with van der Waals surface area (Å²) in [6.07, 6.45) is 4.59. The number of sulfonamides is 1. The van der Waals surface area contributed by atoms with Crippen LogP contribution in [0.4, 0.5) is 23.1 Å². The lowest BCUT2D eigenvalue weighted by molar-refractivity contribution is -0.107. The second-order valence-electron chi connectivity index (χ2n) is 7.78. The molecular weight excluding hydrogens is 463 g/mol. The average Bonchev–Trinajstić information content (AvgIpc) is 2.81. The number of anilines is 4. The zero-order chi connectivity index (χ0) is 24.2. The van der Waals surface area contributed by atoms with Gasteiger partial charge in [0.15, 0.2) is 17.2 Å². The smallest absolute Gasteiger partial charge is 0.215 e. The van der Waals surface area contributed by atoms with Crippen molar-refractivity contribution in [3.8, 4) is 0 Å². The fraction of sp³-hybridized carbons (Fsp3) is 0.500. The van der Waals surface area contributed by atoms with Gasteiger partial charge in [-0.1, -0.05) is 13.0 Å². The summed E-state index contributed by atoms with van der Waals surface area (Å²) in [6, 6.07) is 3.79. The molecule has 3 heterocycles. The molecule has 1 aliphatic rings. The van der Waals surface area contributed by atoms with Crippen molar-refractivity contribution in [3.63, 3.8) is 0 Å². The van der Waals surface area contributed by atoms with Crippen LogP contribution in [0.25, 0.3) is 0 Å². The van der Waals surface area contributed by atoms with Crippen molar-refractivity contribution in [3.05, 3.63) is 23.9 Å². The molecule has 1 fully saturated rings. The number of amides is 1. The van der Waals surface area contributed by atoms with Crippen molar-refractivity contribution < 1.29 is 13.2 Å². The minimum Gasteiger partial charge on any atom is -0.382 e. The number of nitrogens with one attached hydrogen (secondary N) is 1. The molecule has 3 N–H and O–H groups in total. The van der Waals surface area contributed by atoms with E-state index in [0.29, 0.717) is 49.1 Å². The molecule has 1 saturated heterocycles. The molecule has 13 heteroatoms. The molecule has 180 valence electrons. The number of rotatable bonds is 9. The molecule has 2 aromatic heterocycles. The van der Waals surface area contributed by atoms with Crippen LogP contribution in [0.5, 0.6) is 0 Å². The molecule has 0 aromatic carbocycles. The van der Waals surface area contributed by atoms with E-state index in [2.05, 4.69) is 33.9 Å². The number of hydrogen-bond acceptors (Lipinski definition) is 9. The van der Waals surface area contributed by atoms with Crippen LogP contribution < -0.4 is 26.4 Å². The largest absolute Gasteiger partial charge is 0.382 e.